The van der Waals surface area contributed by atoms with Crippen LogP contribution < -0.4 is 9.64 Å². The maximum atomic E-state index is 10.8. The van der Waals surface area contributed by atoms with Crippen molar-refractivity contribution >= 4 is 11.4 Å². The highest BCUT2D eigenvalue weighted by Gasteiger charge is 2.13. The zero-order chi connectivity index (χ0) is 17.5. The van der Waals surface area contributed by atoms with Crippen molar-refractivity contribution in [2.24, 2.45) is 0 Å². The highest BCUT2D eigenvalue weighted by Crippen LogP contribution is 2.25. The molecule has 0 aliphatic heterocycles. The second kappa shape index (κ2) is 7.79. The van der Waals surface area contributed by atoms with E-state index in [1.165, 1.54) is 12.1 Å². The molecular weight excluding hydrogens is 306 g/mol. The van der Waals surface area contributed by atoms with Gasteiger partial charge in [0.2, 0.25) is 0 Å². The van der Waals surface area contributed by atoms with Crippen molar-refractivity contribution in [3.8, 4) is 11.8 Å². The molecule has 0 atom stereocenters. The largest absolute Gasteiger partial charge is 0.490 e. The van der Waals surface area contributed by atoms with Crippen LogP contribution in [0.1, 0.15) is 11.1 Å². The zero-order valence-corrected chi connectivity index (χ0v) is 13.3. The van der Waals surface area contributed by atoms with Crippen molar-refractivity contribution in [2.45, 2.75) is 6.54 Å². The summed E-state index contributed by atoms with van der Waals surface area (Å²) in [5.41, 5.74) is 1.87. The molecule has 0 aliphatic carbocycles. The standard InChI is InChI=1S/C18H17N3O3/c1-3-10-24-17-7-4-14(5-8-17)13-20(2)18-9-6-16(21(22)23)11-15(18)12-19/h3-9,11H,1,10,13H2,2H3. The number of non-ortho nitro benzene ring substituents is 1. The number of hydrogen-bond donors (Lipinski definition) is 0. The Balaban J connectivity index is 2.14. The number of nitrogens with zero attached hydrogens (tertiary/aromatic N) is 3. The summed E-state index contributed by atoms with van der Waals surface area (Å²) in [6, 6.07) is 13.9. The number of nitro benzene ring substituents is 1. The molecule has 0 aromatic heterocycles. The first kappa shape index (κ1) is 17.0. The SMILES string of the molecule is C=CCOc1ccc(CN(C)c2ccc([N+](=O)[O-])cc2C#N)cc1. The Kier molecular flexibility index (Phi) is 5.53. The van der Waals surface area contributed by atoms with Crippen LogP contribution in [0.3, 0.4) is 0 Å². The lowest BCUT2D eigenvalue weighted by Gasteiger charge is -2.20. The fourth-order valence-corrected chi connectivity index (χ4v) is 2.27. The zero-order valence-electron chi connectivity index (χ0n) is 13.3. The molecule has 6 heteroatoms. The summed E-state index contributed by atoms with van der Waals surface area (Å²) in [4.78, 5) is 12.2. The molecular formula is C18H17N3O3. The second-order valence-electron chi connectivity index (χ2n) is 5.17. The molecule has 0 bridgehead atoms. The summed E-state index contributed by atoms with van der Waals surface area (Å²) in [6.45, 7) is 4.62. The molecule has 0 spiro atoms. The molecule has 2 aromatic rings. The van der Waals surface area contributed by atoms with Crippen molar-refractivity contribution in [3.63, 3.8) is 0 Å². The van der Waals surface area contributed by atoms with Gasteiger partial charge in [-0.25, -0.2) is 0 Å². The highest BCUT2D eigenvalue weighted by atomic mass is 16.6. The molecule has 0 fully saturated rings. The summed E-state index contributed by atoms with van der Waals surface area (Å²) in [6.07, 6.45) is 1.68. The Labute approximate surface area is 140 Å². The van der Waals surface area contributed by atoms with Gasteiger partial charge in [-0.05, 0) is 23.8 Å². The van der Waals surface area contributed by atoms with Crippen LogP contribution in [-0.2, 0) is 6.54 Å². The van der Waals surface area contributed by atoms with Crippen molar-refractivity contribution in [2.75, 3.05) is 18.6 Å². The Morgan fingerprint density at radius 3 is 2.62 bits per heavy atom. The molecule has 0 saturated heterocycles. The lowest BCUT2D eigenvalue weighted by molar-refractivity contribution is -0.384. The van der Waals surface area contributed by atoms with E-state index in [9.17, 15) is 15.4 Å². The number of rotatable bonds is 7. The average Bonchev–Trinajstić information content (AvgIpc) is 2.60. The third-order valence-electron chi connectivity index (χ3n) is 3.43. The molecule has 0 heterocycles. The molecule has 0 radical (unpaired) electrons. The molecule has 0 saturated carbocycles. The van der Waals surface area contributed by atoms with Crippen LogP contribution in [0.5, 0.6) is 5.75 Å². The fraction of sp³-hybridized carbons (Fsp3) is 0.167. The van der Waals surface area contributed by atoms with Crippen LogP contribution in [-0.4, -0.2) is 18.6 Å². The van der Waals surface area contributed by atoms with Gasteiger partial charge in [-0.1, -0.05) is 24.8 Å². The van der Waals surface area contributed by atoms with Crippen LogP contribution in [0.4, 0.5) is 11.4 Å². The first-order valence-corrected chi connectivity index (χ1v) is 7.27. The third kappa shape index (κ3) is 4.11. The quantitative estimate of drug-likeness (QED) is 0.441. The van der Waals surface area contributed by atoms with E-state index in [1.54, 1.807) is 12.1 Å². The molecule has 6 nitrogen and oxygen atoms in total. The number of anilines is 1. The first-order valence-electron chi connectivity index (χ1n) is 7.27. The smallest absolute Gasteiger partial charge is 0.270 e. The van der Waals surface area contributed by atoms with Crippen LogP contribution in [0.2, 0.25) is 0 Å². The third-order valence-corrected chi connectivity index (χ3v) is 3.43. The summed E-state index contributed by atoms with van der Waals surface area (Å²) in [5.74, 6) is 0.759. The molecule has 0 unspecified atom stereocenters. The number of benzene rings is 2. The summed E-state index contributed by atoms with van der Waals surface area (Å²) < 4.78 is 5.43. The van der Waals surface area contributed by atoms with Gasteiger partial charge in [0, 0.05) is 25.7 Å². The molecule has 122 valence electrons. The van der Waals surface area contributed by atoms with Crippen molar-refractivity contribution in [1.82, 2.24) is 0 Å². The van der Waals surface area contributed by atoms with E-state index in [2.05, 4.69) is 6.58 Å². The minimum atomic E-state index is -0.507. The van der Waals surface area contributed by atoms with Gasteiger partial charge < -0.3 is 9.64 Å². The Morgan fingerprint density at radius 1 is 1.33 bits per heavy atom. The van der Waals surface area contributed by atoms with Gasteiger partial charge in [0.1, 0.15) is 18.4 Å². The fourth-order valence-electron chi connectivity index (χ4n) is 2.27. The molecule has 2 rings (SSSR count). The van der Waals surface area contributed by atoms with E-state index in [-0.39, 0.29) is 11.3 Å². The molecule has 0 N–H and O–H groups in total. The van der Waals surface area contributed by atoms with Crippen LogP contribution in [0.25, 0.3) is 0 Å². The van der Waals surface area contributed by atoms with Gasteiger partial charge in [0.05, 0.1) is 16.2 Å². The topological polar surface area (TPSA) is 79.4 Å². The summed E-state index contributed by atoms with van der Waals surface area (Å²) >= 11 is 0. The average molecular weight is 323 g/mol. The van der Waals surface area contributed by atoms with Crippen LogP contribution in [0, 0.1) is 21.4 Å². The van der Waals surface area contributed by atoms with Gasteiger partial charge >= 0.3 is 0 Å². The van der Waals surface area contributed by atoms with Crippen molar-refractivity contribution < 1.29 is 9.66 Å². The van der Waals surface area contributed by atoms with Gasteiger partial charge in [-0.2, -0.15) is 5.26 Å². The highest BCUT2D eigenvalue weighted by molar-refractivity contribution is 5.62. The maximum Gasteiger partial charge on any atom is 0.270 e. The van der Waals surface area contributed by atoms with Gasteiger partial charge in [-0.3, -0.25) is 10.1 Å². The van der Waals surface area contributed by atoms with Crippen molar-refractivity contribution in [3.05, 3.63) is 76.4 Å². The van der Waals surface area contributed by atoms with E-state index in [0.717, 1.165) is 11.3 Å². The van der Waals surface area contributed by atoms with Crippen LogP contribution >= 0.6 is 0 Å². The lowest BCUT2D eigenvalue weighted by Crippen LogP contribution is -2.17. The number of nitro groups is 1. The normalized spacial score (nSPS) is 9.83. The predicted octanol–water partition coefficient (Wildman–Crippen LogP) is 3.67. The minimum absolute atomic E-state index is 0.0904. The Morgan fingerprint density at radius 2 is 2.04 bits per heavy atom. The number of hydrogen-bond acceptors (Lipinski definition) is 5. The van der Waals surface area contributed by atoms with E-state index in [0.29, 0.717) is 18.8 Å². The molecule has 0 aliphatic rings. The monoisotopic (exact) mass is 323 g/mol. The van der Waals surface area contributed by atoms with E-state index < -0.39 is 4.92 Å². The summed E-state index contributed by atoms with van der Waals surface area (Å²) in [7, 11) is 1.84. The molecule has 0 amide bonds. The van der Waals surface area contributed by atoms with Crippen LogP contribution in [0.15, 0.2) is 55.1 Å². The maximum absolute atomic E-state index is 10.8. The van der Waals surface area contributed by atoms with Gasteiger partial charge in [-0.15, -0.1) is 0 Å². The van der Waals surface area contributed by atoms with E-state index >= 15 is 0 Å². The second-order valence-corrected chi connectivity index (χ2v) is 5.17. The first-order chi connectivity index (χ1) is 11.5. The predicted molar refractivity (Wildman–Crippen MR) is 92.1 cm³/mol. The lowest BCUT2D eigenvalue weighted by atomic mass is 10.1. The number of ether oxygens (including phenoxy) is 1. The summed E-state index contributed by atoms with van der Waals surface area (Å²) in [5, 5.41) is 20.0. The van der Waals surface area contributed by atoms with Crippen molar-refractivity contribution in [1.29, 1.82) is 5.26 Å². The molecule has 2 aromatic carbocycles. The minimum Gasteiger partial charge on any atom is -0.490 e. The van der Waals surface area contributed by atoms with Gasteiger partial charge in [0.15, 0.2) is 0 Å². The van der Waals surface area contributed by atoms with Gasteiger partial charge in [0.25, 0.3) is 5.69 Å². The van der Waals surface area contributed by atoms with E-state index in [1.807, 2.05) is 42.3 Å². The Bertz CT molecular complexity index is 779. The number of nitriles is 1. The molecule has 24 heavy (non-hydrogen) atoms. The Hall–Kier alpha value is -3.33. The van der Waals surface area contributed by atoms with E-state index in [4.69, 9.17) is 4.74 Å².